The van der Waals surface area contributed by atoms with Gasteiger partial charge in [-0.15, -0.1) is 0 Å². The first-order chi connectivity index (χ1) is 9.31. The molecule has 20 heavy (non-hydrogen) atoms. The second kappa shape index (κ2) is 7.35. The fourth-order valence-corrected chi connectivity index (χ4v) is 1.60. The molecule has 2 N–H and O–H groups in total. The van der Waals surface area contributed by atoms with Gasteiger partial charge in [-0.2, -0.15) is 13.2 Å². The average molecular weight is 312 g/mol. The van der Waals surface area contributed by atoms with Gasteiger partial charge >= 0.3 is 12.1 Å². The molecule has 0 aromatic heterocycles. The second-order valence-electron chi connectivity index (χ2n) is 3.86. The Bertz CT molecular complexity index is 446. The van der Waals surface area contributed by atoms with Crippen molar-refractivity contribution in [2.75, 3.05) is 25.6 Å². The molecule has 0 saturated heterocycles. The van der Waals surface area contributed by atoms with Crippen LogP contribution in [0.5, 0.6) is 0 Å². The maximum Gasteiger partial charge on any atom is 0.411 e. The summed E-state index contributed by atoms with van der Waals surface area (Å²) in [6.07, 6.45) is -4.21. The quantitative estimate of drug-likeness (QED) is 0.498. The van der Waals surface area contributed by atoms with Gasteiger partial charge in [-0.1, -0.05) is 17.7 Å². The van der Waals surface area contributed by atoms with Crippen LogP contribution in [0.15, 0.2) is 18.2 Å². The standard InChI is InChI=1S/C12H13ClF3NO3/c13-8-3-1-4-9(17)10(8)11(18)20-6-2-5-19-7-12(14,15)16/h1,3-4H,2,5-7,17H2. The molecule has 1 aromatic carbocycles. The van der Waals surface area contributed by atoms with Gasteiger partial charge in [0.05, 0.1) is 18.2 Å². The van der Waals surface area contributed by atoms with Crippen LogP contribution < -0.4 is 5.73 Å². The summed E-state index contributed by atoms with van der Waals surface area (Å²) >= 11 is 5.81. The van der Waals surface area contributed by atoms with Crippen molar-refractivity contribution in [3.63, 3.8) is 0 Å². The van der Waals surface area contributed by atoms with E-state index in [4.69, 9.17) is 22.1 Å². The first kappa shape index (κ1) is 16.6. The van der Waals surface area contributed by atoms with Crippen molar-refractivity contribution in [2.45, 2.75) is 12.6 Å². The zero-order chi connectivity index (χ0) is 15.2. The van der Waals surface area contributed by atoms with E-state index in [1.807, 2.05) is 0 Å². The van der Waals surface area contributed by atoms with Gasteiger partial charge in [0.25, 0.3) is 0 Å². The molecule has 1 rings (SSSR count). The normalized spacial score (nSPS) is 11.4. The number of ether oxygens (including phenoxy) is 2. The first-order valence-corrected chi connectivity index (χ1v) is 6.04. The fraction of sp³-hybridized carbons (Fsp3) is 0.417. The minimum Gasteiger partial charge on any atom is -0.462 e. The van der Waals surface area contributed by atoms with Gasteiger partial charge in [-0.3, -0.25) is 0 Å². The summed E-state index contributed by atoms with van der Waals surface area (Å²) in [7, 11) is 0. The number of alkyl halides is 3. The zero-order valence-electron chi connectivity index (χ0n) is 10.4. The molecule has 8 heteroatoms. The van der Waals surface area contributed by atoms with E-state index in [0.717, 1.165) is 0 Å². The molecule has 0 saturated carbocycles. The molecule has 0 radical (unpaired) electrons. The lowest BCUT2D eigenvalue weighted by molar-refractivity contribution is -0.174. The fourth-order valence-electron chi connectivity index (χ4n) is 1.34. The van der Waals surface area contributed by atoms with Crippen molar-refractivity contribution >= 4 is 23.3 Å². The number of carbonyl (C=O) groups excluding carboxylic acids is 1. The Labute approximate surface area is 118 Å². The number of rotatable bonds is 6. The number of halogens is 4. The molecular formula is C12H13ClF3NO3. The molecule has 0 atom stereocenters. The summed E-state index contributed by atoms with van der Waals surface area (Å²) in [5.41, 5.74) is 5.81. The van der Waals surface area contributed by atoms with Crippen LogP contribution in [0.4, 0.5) is 18.9 Å². The highest BCUT2D eigenvalue weighted by Gasteiger charge is 2.27. The Morgan fingerprint density at radius 1 is 1.30 bits per heavy atom. The smallest absolute Gasteiger partial charge is 0.411 e. The molecule has 0 spiro atoms. The van der Waals surface area contributed by atoms with Crippen LogP contribution in [0.3, 0.4) is 0 Å². The van der Waals surface area contributed by atoms with Gasteiger partial charge in [0.15, 0.2) is 0 Å². The van der Waals surface area contributed by atoms with E-state index >= 15 is 0 Å². The second-order valence-corrected chi connectivity index (χ2v) is 4.27. The highest BCUT2D eigenvalue weighted by molar-refractivity contribution is 6.34. The van der Waals surface area contributed by atoms with Crippen LogP contribution in [0, 0.1) is 0 Å². The number of nitrogen functional groups attached to an aromatic ring is 1. The van der Waals surface area contributed by atoms with E-state index in [2.05, 4.69) is 4.74 Å². The van der Waals surface area contributed by atoms with E-state index in [1.165, 1.54) is 12.1 Å². The Kier molecular flexibility index (Phi) is 6.09. The molecule has 1 aromatic rings. The van der Waals surface area contributed by atoms with Crippen LogP contribution in [0.2, 0.25) is 5.02 Å². The SMILES string of the molecule is Nc1cccc(Cl)c1C(=O)OCCCOCC(F)(F)F. The van der Waals surface area contributed by atoms with Crippen molar-refractivity contribution in [3.8, 4) is 0 Å². The molecule has 0 bridgehead atoms. The number of carbonyl (C=O) groups is 1. The predicted octanol–water partition coefficient (Wildman–Crippen LogP) is 3.05. The molecule has 0 aliphatic rings. The average Bonchev–Trinajstić information content (AvgIpc) is 2.32. The largest absolute Gasteiger partial charge is 0.462 e. The van der Waals surface area contributed by atoms with Gasteiger partial charge in [0, 0.05) is 12.1 Å². The third kappa shape index (κ3) is 5.66. The molecule has 0 amide bonds. The Morgan fingerprint density at radius 2 is 2.00 bits per heavy atom. The maximum absolute atomic E-state index is 11.8. The van der Waals surface area contributed by atoms with Crippen LogP contribution in [0.1, 0.15) is 16.8 Å². The highest BCUT2D eigenvalue weighted by Crippen LogP contribution is 2.22. The van der Waals surface area contributed by atoms with Gasteiger partial charge in [-0.25, -0.2) is 4.79 Å². The Balaban J connectivity index is 2.31. The van der Waals surface area contributed by atoms with Crippen molar-refractivity contribution < 1.29 is 27.4 Å². The van der Waals surface area contributed by atoms with E-state index in [0.29, 0.717) is 0 Å². The van der Waals surface area contributed by atoms with E-state index in [9.17, 15) is 18.0 Å². The van der Waals surface area contributed by atoms with Gasteiger partial charge in [-0.05, 0) is 12.1 Å². The third-order valence-electron chi connectivity index (χ3n) is 2.18. The minimum absolute atomic E-state index is 0.0466. The first-order valence-electron chi connectivity index (χ1n) is 5.67. The lowest BCUT2D eigenvalue weighted by Gasteiger charge is -2.09. The number of nitrogens with two attached hydrogens (primary N) is 1. The summed E-state index contributed by atoms with van der Waals surface area (Å²) in [6.45, 7) is -1.56. The van der Waals surface area contributed by atoms with Crippen LogP contribution >= 0.6 is 11.6 Å². The van der Waals surface area contributed by atoms with E-state index in [1.54, 1.807) is 6.07 Å². The number of hydrogen-bond donors (Lipinski definition) is 1. The van der Waals surface area contributed by atoms with Gasteiger partial charge < -0.3 is 15.2 Å². The lowest BCUT2D eigenvalue weighted by Crippen LogP contribution is -2.18. The molecular weight excluding hydrogens is 299 g/mol. The van der Waals surface area contributed by atoms with Crippen molar-refractivity contribution in [3.05, 3.63) is 28.8 Å². The van der Waals surface area contributed by atoms with E-state index in [-0.39, 0.29) is 35.9 Å². The van der Waals surface area contributed by atoms with Crippen LogP contribution in [-0.4, -0.2) is 32.0 Å². The summed E-state index contributed by atoms with van der Waals surface area (Å²) in [5.74, 6) is -0.719. The van der Waals surface area contributed by atoms with E-state index < -0.39 is 18.8 Å². The minimum atomic E-state index is -4.36. The summed E-state index contributed by atoms with van der Waals surface area (Å²) in [4.78, 5) is 11.7. The number of anilines is 1. The summed E-state index contributed by atoms with van der Waals surface area (Å²) in [6, 6.07) is 4.56. The molecule has 112 valence electrons. The zero-order valence-corrected chi connectivity index (χ0v) is 11.1. The molecule has 0 fully saturated rings. The summed E-state index contributed by atoms with van der Waals surface area (Å²) < 4.78 is 44.5. The number of hydrogen-bond acceptors (Lipinski definition) is 4. The molecule has 0 aliphatic heterocycles. The van der Waals surface area contributed by atoms with Gasteiger partial charge in [0.1, 0.15) is 12.2 Å². The molecule has 0 aliphatic carbocycles. The van der Waals surface area contributed by atoms with Crippen molar-refractivity contribution in [1.29, 1.82) is 0 Å². The monoisotopic (exact) mass is 311 g/mol. The van der Waals surface area contributed by atoms with Crippen LogP contribution in [-0.2, 0) is 9.47 Å². The lowest BCUT2D eigenvalue weighted by atomic mass is 10.2. The third-order valence-corrected chi connectivity index (χ3v) is 2.50. The Hall–Kier alpha value is -1.47. The molecule has 0 unspecified atom stereocenters. The summed E-state index contributed by atoms with van der Waals surface area (Å²) in [5, 5.41) is 0.156. The van der Waals surface area contributed by atoms with Crippen LogP contribution in [0.25, 0.3) is 0 Å². The predicted molar refractivity (Wildman–Crippen MR) is 67.6 cm³/mol. The topological polar surface area (TPSA) is 61.6 Å². The van der Waals surface area contributed by atoms with Gasteiger partial charge in [0.2, 0.25) is 0 Å². The van der Waals surface area contributed by atoms with Crippen molar-refractivity contribution in [1.82, 2.24) is 0 Å². The maximum atomic E-state index is 11.8. The van der Waals surface area contributed by atoms with Crippen molar-refractivity contribution in [2.24, 2.45) is 0 Å². The number of benzene rings is 1. The number of esters is 1. The molecule has 4 nitrogen and oxygen atoms in total. The highest BCUT2D eigenvalue weighted by atomic mass is 35.5. The molecule has 0 heterocycles. The Morgan fingerprint density at radius 3 is 2.60 bits per heavy atom.